The van der Waals surface area contributed by atoms with Gasteiger partial charge in [-0.25, -0.2) is 0 Å². The third-order valence-corrected chi connectivity index (χ3v) is 8.53. The lowest BCUT2D eigenvalue weighted by molar-refractivity contribution is -0.123. The van der Waals surface area contributed by atoms with Gasteiger partial charge in [0.25, 0.3) is 0 Å². The Morgan fingerprint density at radius 3 is 1.32 bits per heavy atom. The van der Waals surface area contributed by atoms with Crippen LogP contribution in [0.3, 0.4) is 0 Å². The van der Waals surface area contributed by atoms with Gasteiger partial charge in [0.15, 0.2) is 0 Å². The van der Waals surface area contributed by atoms with E-state index in [1.54, 1.807) is 0 Å². The van der Waals surface area contributed by atoms with E-state index in [-0.39, 0.29) is 12.5 Å². The van der Waals surface area contributed by atoms with Gasteiger partial charge < -0.3 is 15.5 Å². The van der Waals surface area contributed by atoms with Crippen LogP contribution >= 0.6 is 0 Å². The molecular weight excluding hydrogens is 506 g/mol. The fourth-order valence-electron chi connectivity index (χ4n) is 5.64. The molecule has 0 aromatic carbocycles. The Morgan fingerprint density at radius 2 is 0.927 bits per heavy atom. The Hall–Kier alpha value is -0.870. The van der Waals surface area contributed by atoms with E-state index < -0.39 is 12.1 Å². The van der Waals surface area contributed by atoms with Gasteiger partial charge in [-0.2, -0.15) is 0 Å². The van der Waals surface area contributed by atoms with Crippen molar-refractivity contribution in [1.82, 2.24) is 5.32 Å². The topological polar surface area (TPSA) is 69.6 Å². The van der Waals surface area contributed by atoms with Gasteiger partial charge in [-0.1, -0.05) is 180 Å². The molecule has 2 atom stereocenters. The van der Waals surface area contributed by atoms with E-state index in [1.807, 2.05) is 6.08 Å². The Morgan fingerprint density at radius 1 is 0.561 bits per heavy atom. The van der Waals surface area contributed by atoms with Gasteiger partial charge in [-0.05, 0) is 25.7 Å². The van der Waals surface area contributed by atoms with E-state index in [9.17, 15) is 15.0 Å². The molecule has 0 aliphatic heterocycles. The first-order chi connectivity index (χ1) is 20.2. The molecule has 3 N–H and O–H groups in total. The predicted octanol–water partition coefficient (Wildman–Crippen LogP) is 10.7. The van der Waals surface area contributed by atoms with Gasteiger partial charge in [0.1, 0.15) is 0 Å². The summed E-state index contributed by atoms with van der Waals surface area (Å²) in [5.74, 6) is -0.0530. The normalized spacial score (nSPS) is 13.2. The van der Waals surface area contributed by atoms with Crippen LogP contribution in [0.1, 0.15) is 200 Å². The number of rotatable bonds is 33. The number of nitrogens with one attached hydrogen (secondary N) is 1. The maximum absolute atomic E-state index is 12.3. The number of hydrogen-bond acceptors (Lipinski definition) is 3. The highest BCUT2D eigenvalue weighted by atomic mass is 16.3. The lowest BCUT2D eigenvalue weighted by atomic mass is 10.0. The van der Waals surface area contributed by atoms with Crippen molar-refractivity contribution in [2.75, 3.05) is 6.61 Å². The summed E-state index contributed by atoms with van der Waals surface area (Å²) < 4.78 is 0. The molecule has 0 unspecified atom stereocenters. The van der Waals surface area contributed by atoms with Gasteiger partial charge in [0.2, 0.25) is 5.91 Å². The molecule has 4 nitrogen and oxygen atoms in total. The molecule has 0 heterocycles. The van der Waals surface area contributed by atoms with Crippen molar-refractivity contribution in [3.63, 3.8) is 0 Å². The molecule has 0 saturated heterocycles. The number of carbonyl (C=O) groups is 1. The number of amides is 1. The number of aliphatic hydroxyl groups excluding tert-OH is 2. The van der Waals surface area contributed by atoms with Crippen LogP contribution in [-0.2, 0) is 4.79 Å². The van der Waals surface area contributed by atoms with Crippen molar-refractivity contribution in [3.8, 4) is 0 Å². The van der Waals surface area contributed by atoms with Crippen LogP contribution in [0, 0.1) is 0 Å². The summed E-state index contributed by atoms with van der Waals surface area (Å²) in [4.78, 5) is 12.3. The molecule has 41 heavy (non-hydrogen) atoms. The fourth-order valence-corrected chi connectivity index (χ4v) is 5.64. The Balaban J connectivity index is 3.58. The van der Waals surface area contributed by atoms with Crippen molar-refractivity contribution in [1.29, 1.82) is 0 Å². The van der Waals surface area contributed by atoms with Crippen molar-refractivity contribution in [2.45, 2.75) is 212 Å². The Bertz CT molecular complexity index is 550. The van der Waals surface area contributed by atoms with Crippen molar-refractivity contribution >= 4 is 5.91 Å². The highest BCUT2D eigenvalue weighted by molar-refractivity contribution is 5.76. The number of allylic oxidation sites excluding steroid dienone is 1. The van der Waals surface area contributed by atoms with E-state index in [1.165, 1.54) is 154 Å². The van der Waals surface area contributed by atoms with Crippen molar-refractivity contribution < 1.29 is 15.0 Å². The molecule has 0 aliphatic rings. The van der Waals surface area contributed by atoms with Gasteiger partial charge in [0.05, 0.1) is 18.8 Å². The van der Waals surface area contributed by atoms with Crippen molar-refractivity contribution in [2.24, 2.45) is 0 Å². The lowest BCUT2D eigenvalue weighted by Crippen LogP contribution is -2.45. The standard InChI is InChI=1S/C37H73NO3/c1-3-5-7-9-11-13-15-17-18-19-21-23-25-27-29-31-33-37(41)38-35(34-39)36(40)32-30-28-26-24-22-20-16-14-12-10-8-6-4-2/h28,30,35-36,39-40H,3-27,29,31-34H2,1-2H3,(H,38,41)/t35-,36+/m0/s1. The number of carbonyl (C=O) groups excluding carboxylic acids is 1. The zero-order chi connectivity index (χ0) is 30.1. The maximum atomic E-state index is 12.3. The predicted molar refractivity (Wildman–Crippen MR) is 179 cm³/mol. The van der Waals surface area contributed by atoms with Gasteiger partial charge >= 0.3 is 0 Å². The first-order valence-electron chi connectivity index (χ1n) is 18.4. The second kappa shape index (κ2) is 33.6. The second-order valence-corrected chi connectivity index (χ2v) is 12.7. The molecule has 4 heteroatoms. The van der Waals surface area contributed by atoms with E-state index in [0.29, 0.717) is 12.8 Å². The van der Waals surface area contributed by atoms with E-state index in [0.717, 1.165) is 19.3 Å². The summed E-state index contributed by atoms with van der Waals surface area (Å²) in [6, 6.07) is -0.578. The molecular formula is C37H73NO3. The summed E-state index contributed by atoms with van der Waals surface area (Å²) in [6.07, 6.45) is 39.9. The average Bonchev–Trinajstić information content (AvgIpc) is 2.97. The molecule has 0 aromatic heterocycles. The molecule has 0 aromatic rings. The Kier molecular flexibility index (Phi) is 32.9. The molecule has 0 bridgehead atoms. The van der Waals surface area contributed by atoms with E-state index >= 15 is 0 Å². The smallest absolute Gasteiger partial charge is 0.220 e. The minimum atomic E-state index is -0.737. The molecule has 0 fully saturated rings. The van der Waals surface area contributed by atoms with Gasteiger partial charge in [-0.3, -0.25) is 4.79 Å². The molecule has 1 amide bonds. The zero-order valence-electron chi connectivity index (χ0n) is 27.8. The third kappa shape index (κ3) is 30.4. The first kappa shape index (κ1) is 40.1. The summed E-state index contributed by atoms with van der Waals surface area (Å²) in [7, 11) is 0. The van der Waals surface area contributed by atoms with Gasteiger partial charge in [0, 0.05) is 6.42 Å². The van der Waals surface area contributed by atoms with Crippen LogP contribution in [0.2, 0.25) is 0 Å². The van der Waals surface area contributed by atoms with Crippen LogP contribution in [0.5, 0.6) is 0 Å². The van der Waals surface area contributed by atoms with Gasteiger partial charge in [-0.15, -0.1) is 0 Å². The molecule has 0 spiro atoms. The van der Waals surface area contributed by atoms with Crippen LogP contribution < -0.4 is 5.32 Å². The molecule has 0 radical (unpaired) electrons. The van der Waals surface area contributed by atoms with Crippen LogP contribution in [0.4, 0.5) is 0 Å². The molecule has 244 valence electrons. The van der Waals surface area contributed by atoms with Crippen molar-refractivity contribution in [3.05, 3.63) is 12.2 Å². The summed E-state index contributed by atoms with van der Waals surface area (Å²) in [6.45, 7) is 4.32. The summed E-state index contributed by atoms with van der Waals surface area (Å²) >= 11 is 0. The summed E-state index contributed by atoms with van der Waals surface area (Å²) in [5.41, 5.74) is 0. The largest absolute Gasteiger partial charge is 0.394 e. The lowest BCUT2D eigenvalue weighted by Gasteiger charge is -2.21. The molecule has 0 rings (SSSR count). The number of aliphatic hydroxyl groups is 2. The number of hydrogen-bond donors (Lipinski definition) is 3. The minimum Gasteiger partial charge on any atom is -0.394 e. The second-order valence-electron chi connectivity index (χ2n) is 12.7. The quantitative estimate of drug-likeness (QED) is 0.0535. The zero-order valence-corrected chi connectivity index (χ0v) is 27.8. The van der Waals surface area contributed by atoms with Crippen LogP contribution in [0.15, 0.2) is 12.2 Å². The Labute approximate surface area is 256 Å². The highest BCUT2D eigenvalue weighted by Gasteiger charge is 2.19. The minimum absolute atomic E-state index is 0.0530. The highest BCUT2D eigenvalue weighted by Crippen LogP contribution is 2.15. The number of unbranched alkanes of at least 4 members (excludes halogenated alkanes) is 25. The molecule has 0 aliphatic carbocycles. The van der Waals surface area contributed by atoms with Crippen LogP contribution in [-0.4, -0.2) is 34.9 Å². The third-order valence-electron chi connectivity index (χ3n) is 8.53. The fraction of sp³-hybridized carbons (Fsp3) is 0.919. The first-order valence-corrected chi connectivity index (χ1v) is 18.4. The summed E-state index contributed by atoms with van der Waals surface area (Å²) in [5, 5.41) is 22.9. The maximum Gasteiger partial charge on any atom is 0.220 e. The van der Waals surface area contributed by atoms with E-state index in [2.05, 4.69) is 25.2 Å². The average molecular weight is 580 g/mol. The van der Waals surface area contributed by atoms with Crippen LogP contribution in [0.25, 0.3) is 0 Å². The SMILES string of the molecule is CCCCCCCCCCCCC=CC[C@@H](O)[C@H](CO)NC(=O)CCCCCCCCCCCCCCCCCC. The monoisotopic (exact) mass is 580 g/mol. The van der Waals surface area contributed by atoms with E-state index in [4.69, 9.17) is 0 Å². The molecule has 0 saturated carbocycles.